The molecule has 0 aliphatic rings. The zero-order valence-electron chi connectivity index (χ0n) is 7.42. The fraction of sp³-hybridized carbons (Fsp3) is 0.571. The Morgan fingerprint density at radius 1 is 1.08 bits per heavy atom. The molecule has 0 heterocycles. The van der Waals surface area contributed by atoms with E-state index in [-0.39, 0.29) is 25.4 Å². The average Bonchev–Trinajstić information content (AvgIpc) is 2.10. The fourth-order valence-electron chi connectivity index (χ4n) is 0.537. The third-order valence-corrected chi connectivity index (χ3v) is 1.17. The monoisotopic (exact) mass is 187 g/mol. The molecule has 0 bridgehead atoms. The molecule has 0 fully saturated rings. The minimum Gasteiger partial charge on any atom is -0.348 e. The van der Waals surface area contributed by atoms with E-state index in [1.54, 1.807) is 0 Å². The molecule has 0 radical (unpaired) electrons. The van der Waals surface area contributed by atoms with Crippen LogP contribution in [0.2, 0.25) is 0 Å². The van der Waals surface area contributed by atoms with E-state index in [2.05, 4.69) is 10.6 Å². The number of carbonyl (C=O) groups is 3. The third-order valence-electron chi connectivity index (χ3n) is 1.17. The van der Waals surface area contributed by atoms with Crippen LogP contribution in [-0.4, -0.2) is 37.2 Å². The van der Waals surface area contributed by atoms with Gasteiger partial charge in [0.15, 0.2) is 0 Å². The van der Waals surface area contributed by atoms with Crippen LogP contribution in [0.1, 0.15) is 6.92 Å². The van der Waals surface area contributed by atoms with Crippen molar-refractivity contribution in [2.45, 2.75) is 6.92 Å². The predicted molar refractivity (Wildman–Crippen MR) is 45.8 cm³/mol. The molecule has 0 aromatic carbocycles. The molecule has 0 rings (SSSR count). The van der Waals surface area contributed by atoms with Crippen molar-refractivity contribution in [1.29, 1.82) is 0 Å². The van der Waals surface area contributed by atoms with Crippen molar-refractivity contribution in [3.8, 4) is 0 Å². The number of Topliss-reactive ketones (excluding diaryl/α,β-unsaturated/α-hetero) is 1. The molecule has 74 valence electrons. The topological polar surface area (TPSA) is 101 Å². The van der Waals surface area contributed by atoms with Crippen LogP contribution >= 0.6 is 0 Å². The van der Waals surface area contributed by atoms with Gasteiger partial charge in [-0.1, -0.05) is 0 Å². The summed E-state index contributed by atoms with van der Waals surface area (Å²) in [6.45, 7) is 1.04. The zero-order valence-corrected chi connectivity index (χ0v) is 7.42. The van der Waals surface area contributed by atoms with Crippen molar-refractivity contribution >= 4 is 17.6 Å². The van der Waals surface area contributed by atoms with Crippen LogP contribution in [0.5, 0.6) is 0 Å². The van der Waals surface area contributed by atoms with E-state index in [4.69, 9.17) is 5.73 Å². The highest BCUT2D eigenvalue weighted by atomic mass is 16.2. The largest absolute Gasteiger partial charge is 0.348 e. The summed E-state index contributed by atoms with van der Waals surface area (Å²) in [7, 11) is 0. The first-order valence-corrected chi connectivity index (χ1v) is 3.79. The van der Waals surface area contributed by atoms with Gasteiger partial charge in [0.1, 0.15) is 5.78 Å². The van der Waals surface area contributed by atoms with Crippen LogP contribution in [0.4, 0.5) is 0 Å². The van der Waals surface area contributed by atoms with Crippen molar-refractivity contribution in [3.63, 3.8) is 0 Å². The number of hydrogen-bond acceptors (Lipinski definition) is 4. The summed E-state index contributed by atoms with van der Waals surface area (Å²) in [5.41, 5.74) is 4.98. The molecule has 4 N–H and O–H groups in total. The Morgan fingerprint density at radius 3 is 2.08 bits per heavy atom. The molecular formula is C7H13N3O3. The third kappa shape index (κ3) is 6.95. The summed E-state index contributed by atoms with van der Waals surface area (Å²) in [4.78, 5) is 31.8. The Kier molecular flexibility index (Phi) is 5.45. The van der Waals surface area contributed by atoms with Gasteiger partial charge in [-0.15, -0.1) is 0 Å². The average molecular weight is 187 g/mol. The van der Waals surface area contributed by atoms with Gasteiger partial charge in [0.25, 0.3) is 0 Å². The number of nitrogens with two attached hydrogens (primary N) is 1. The highest BCUT2D eigenvalue weighted by molar-refractivity contribution is 5.88. The molecule has 0 aromatic heterocycles. The van der Waals surface area contributed by atoms with Crippen LogP contribution in [0.25, 0.3) is 0 Å². The lowest BCUT2D eigenvalue weighted by molar-refractivity contribution is -0.126. The molecule has 13 heavy (non-hydrogen) atoms. The zero-order chi connectivity index (χ0) is 10.3. The van der Waals surface area contributed by atoms with Crippen LogP contribution in [0, 0.1) is 0 Å². The van der Waals surface area contributed by atoms with E-state index in [0.29, 0.717) is 0 Å². The standard InChI is InChI=1S/C7H13N3O3/c1-5(11)3-9-7(13)4-10-6(12)2-8/h2-4,8H2,1H3,(H,9,13)(H,10,12). The summed E-state index contributed by atoms with van der Waals surface area (Å²) < 4.78 is 0. The molecule has 0 aromatic rings. The van der Waals surface area contributed by atoms with Gasteiger partial charge in [-0.05, 0) is 6.92 Å². The van der Waals surface area contributed by atoms with E-state index in [1.807, 2.05) is 0 Å². The van der Waals surface area contributed by atoms with Gasteiger partial charge in [0.05, 0.1) is 19.6 Å². The first-order valence-electron chi connectivity index (χ1n) is 3.79. The fourth-order valence-corrected chi connectivity index (χ4v) is 0.537. The molecule has 0 saturated carbocycles. The maximum absolute atomic E-state index is 10.8. The lowest BCUT2D eigenvalue weighted by Crippen LogP contribution is -2.40. The van der Waals surface area contributed by atoms with E-state index >= 15 is 0 Å². The molecule has 0 aliphatic heterocycles. The number of rotatable bonds is 5. The normalized spacial score (nSPS) is 9.08. The Balaban J connectivity index is 3.52. The van der Waals surface area contributed by atoms with Crippen LogP contribution in [-0.2, 0) is 14.4 Å². The summed E-state index contributed by atoms with van der Waals surface area (Å²) in [5.74, 6) is -0.950. The molecule has 0 spiro atoms. The minimum atomic E-state index is -0.406. The van der Waals surface area contributed by atoms with Crippen LogP contribution < -0.4 is 16.4 Å². The minimum absolute atomic E-state index is 0.0165. The maximum atomic E-state index is 10.8. The van der Waals surface area contributed by atoms with Gasteiger partial charge < -0.3 is 16.4 Å². The van der Waals surface area contributed by atoms with Crippen LogP contribution in [0.15, 0.2) is 0 Å². The molecule has 0 unspecified atom stereocenters. The summed E-state index contributed by atoms with van der Waals surface area (Å²) in [5, 5.41) is 4.59. The molecule has 0 saturated heterocycles. The molecule has 0 atom stereocenters. The predicted octanol–water partition coefficient (Wildman–Crippen LogP) is -2.23. The molecule has 6 nitrogen and oxygen atoms in total. The van der Waals surface area contributed by atoms with Gasteiger partial charge in [-0.3, -0.25) is 14.4 Å². The second kappa shape index (κ2) is 6.13. The number of carbonyl (C=O) groups excluding carboxylic acids is 3. The van der Waals surface area contributed by atoms with E-state index < -0.39 is 11.8 Å². The second-order valence-corrected chi connectivity index (χ2v) is 2.46. The van der Waals surface area contributed by atoms with Gasteiger partial charge in [0, 0.05) is 0 Å². The SMILES string of the molecule is CC(=O)CNC(=O)CNC(=O)CN. The van der Waals surface area contributed by atoms with E-state index in [9.17, 15) is 14.4 Å². The summed E-state index contributed by atoms with van der Waals surface area (Å²) in [6.07, 6.45) is 0. The van der Waals surface area contributed by atoms with Crippen LogP contribution in [0.3, 0.4) is 0 Å². The Morgan fingerprint density at radius 2 is 1.62 bits per heavy atom. The number of hydrogen-bond donors (Lipinski definition) is 3. The smallest absolute Gasteiger partial charge is 0.239 e. The maximum Gasteiger partial charge on any atom is 0.239 e. The quantitative estimate of drug-likeness (QED) is 0.453. The van der Waals surface area contributed by atoms with Gasteiger partial charge in [-0.25, -0.2) is 0 Å². The number of nitrogens with one attached hydrogen (secondary N) is 2. The highest BCUT2D eigenvalue weighted by Gasteiger charge is 2.03. The Bertz CT molecular complexity index is 215. The van der Waals surface area contributed by atoms with E-state index in [0.717, 1.165) is 0 Å². The summed E-state index contributed by atoms with van der Waals surface area (Å²) in [6, 6.07) is 0. The highest BCUT2D eigenvalue weighted by Crippen LogP contribution is 1.68. The van der Waals surface area contributed by atoms with Gasteiger partial charge in [0.2, 0.25) is 11.8 Å². The van der Waals surface area contributed by atoms with Crippen molar-refractivity contribution in [2.24, 2.45) is 5.73 Å². The molecule has 6 heteroatoms. The first kappa shape index (κ1) is 11.6. The van der Waals surface area contributed by atoms with Crippen molar-refractivity contribution in [1.82, 2.24) is 10.6 Å². The molecular weight excluding hydrogens is 174 g/mol. The number of ketones is 1. The van der Waals surface area contributed by atoms with Crippen molar-refractivity contribution in [3.05, 3.63) is 0 Å². The lowest BCUT2D eigenvalue weighted by Gasteiger charge is -2.03. The Labute approximate surface area is 75.9 Å². The van der Waals surface area contributed by atoms with Gasteiger partial charge >= 0.3 is 0 Å². The summed E-state index contributed by atoms with van der Waals surface area (Å²) >= 11 is 0. The van der Waals surface area contributed by atoms with Crippen molar-refractivity contribution < 1.29 is 14.4 Å². The Hall–Kier alpha value is -1.43. The van der Waals surface area contributed by atoms with Crippen molar-refractivity contribution in [2.75, 3.05) is 19.6 Å². The lowest BCUT2D eigenvalue weighted by atomic mass is 10.4. The molecule has 0 aliphatic carbocycles. The number of amides is 2. The van der Waals surface area contributed by atoms with E-state index in [1.165, 1.54) is 6.92 Å². The molecule has 2 amide bonds. The first-order chi connectivity index (χ1) is 6.06. The second-order valence-electron chi connectivity index (χ2n) is 2.46. The van der Waals surface area contributed by atoms with Gasteiger partial charge in [-0.2, -0.15) is 0 Å².